The molecule has 8 nitrogen and oxygen atoms in total. The minimum atomic E-state index is -0.632. The number of hydrogen-bond acceptors (Lipinski definition) is 7. The SMILES string of the molecule is O=C(OCc1cc([N+](=O)[O-])cc2c1OCOC2)c1ccccc1OCc1ccccc1Cl. The Bertz CT molecular complexity index is 1160. The lowest BCUT2D eigenvalue weighted by atomic mass is 10.1. The number of carbonyl (C=O) groups excluding carboxylic acids is 1. The van der Waals surface area contributed by atoms with E-state index in [1.807, 2.05) is 18.2 Å². The van der Waals surface area contributed by atoms with Gasteiger partial charge in [0.1, 0.15) is 30.3 Å². The van der Waals surface area contributed by atoms with Crippen LogP contribution in [0.3, 0.4) is 0 Å². The summed E-state index contributed by atoms with van der Waals surface area (Å²) in [7, 11) is 0. The standard InChI is InChI=1S/C23H18ClNO7/c24-20-7-3-1-5-15(20)12-30-21-8-4-2-6-19(21)23(26)31-13-17-10-18(25(27)28)9-16-11-29-14-32-22(16)17/h1-10H,11-14H2. The number of halogens is 1. The van der Waals surface area contributed by atoms with Crippen molar-refractivity contribution in [1.29, 1.82) is 0 Å². The van der Waals surface area contributed by atoms with Crippen LogP contribution in [0.1, 0.15) is 27.0 Å². The summed E-state index contributed by atoms with van der Waals surface area (Å²) in [6.45, 7) is 0.166. The number of carbonyl (C=O) groups is 1. The summed E-state index contributed by atoms with van der Waals surface area (Å²) in [5.41, 5.74) is 1.79. The normalized spacial score (nSPS) is 12.4. The first kappa shape index (κ1) is 21.6. The average Bonchev–Trinajstić information content (AvgIpc) is 2.81. The highest BCUT2D eigenvalue weighted by molar-refractivity contribution is 6.31. The van der Waals surface area contributed by atoms with E-state index in [0.29, 0.717) is 27.6 Å². The number of hydrogen-bond donors (Lipinski definition) is 0. The Hall–Kier alpha value is -3.62. The van der Waals surface area contributed by atoms with Crippen molar-refractivity contribution >= 4 is 23.3 Å². The van der Waals surface area contributed by atoms with Crippen LogP contribution in [-0.4, -0.2) is 17.7 Å². The minimum absolute atomic E-state index is 0.0183. The number of nitrogens with zero attached hydrogens (tertiary/aromatic N) is 1. The van der Waals surface area contributed by atoms with E-state index in [0.717, 1.165) is 5.56 Å². The van der Waals surface area contributed by atoms with Gasteiger partial charge in [-0.1, -0.05) is 41.9 Å². The van der Waals surface area contributed by atoms with Crippen LogP contribution in [-0.2, 0) is 29.3 Å². The molecule has 0 bridgehead atoms. The molecule has 4 rings (SSSR count). The largest absolute Gasteiger partial charge is 0.488 e. The van der Waals surface area contributed by atoms with Crippen molar-refractivity contribution in [2.45, 2.75) is 19.8 Å². The van der Waals surface area contributed by atoms with E-state index in [2.05, 4.69) is 0 Å². The number of benzene rings is 3. The van der Waals surface area contributed by atoms with Crippen LogP contribution in [0, 0.1) is 10.1 Å². The third-order valence-electron chi connectivity index (χ3n) is 4.79. The number of nitro benzene ring substituents is 1. The van der Waals surface area contributed by atoms with E-state index >= 15 is 0 Å². The molecular weight excluding hydrogens is 438 g/mol. The van der Waals surface area contributed by atoms with Gasteiger partial charge < -0.3 is 18.9 Å². The number of ether oxygens (including phenoxy) is 4. The Morgan fingerprint density at radius 3 is 2.66 bits per heavy atom. The quantitative estimate of drug-likeness (QED) is 0.279. The zero-order valence-corrected chi connectivity index (χ0v) is 17.5. The zero-order chi connectivity index (χ0) is 22.5. The smallest absolute Gasteiger partial charge is 0.342 e. The highest BCUT2D eigenvalue weighted by atomic mass is 35.5. The lowest BCUT2D eigenvalue weighted by Gasteiger charge is -2.20. The Balaban J connectivity index is 1.50. The van der Waals surface area contributed by atoms with Crippen molar-refractivity contribution in [2.75, 3.05) is 6.79 Å². The van der Waals surface area contributed by atoms with Crippen LogP contribution in [0.25, 0.3) is 0 Å². The lowest BCUT2D eigenvalue weighted by Crippen LogP contribution is -2.15. The predicted octanol–water partition coefficient (Wildman–Crippen LogP) is 5.05. The van der Waals surface area contributed by atoms with E-state index in [9.17, 15) is 14.9 Å². The molecule has 0 saturated carbocycles. The summed E-state index contributed by atoms with van der Waals surface area (Å²) in [5, 5.41) is 11.8. The molecule has 0 atom stereocenters. The first-order valence-corrected chi connectivity index (χ1v) is 10.0. The molecule has 3 aromatic carbocycles. The average molecular weight is 456 g/mol. The van der Waals surface area contributed by atoms with Gasteiger partial charge in [-0.25, -0.2) is 4.79 Å². The van der Waals surface area contributed by atoms with Gasteiger partial charge in [0, 0.05) is 33.8 Å². The Morgan fingerprint density at radius 2 is 1.84 bits per heavy atom. The van der Waals surface area contributed by atoms with E-state index in [4.69, 9.17) is 30.5 Å². The minimum Gasteiger partial charge on any atom is -0.488 e. The first-order valence-electron chi connectivity index (χ1n) is 9.66. The fraction of sp³-hybridized carbons (Fsp3) is 0.174. The molecule has 9 heteroatoms. The summed E-state index contributed by atoms with van der Waals surface area (Å²) in [4.78, 5) is 23.5. The second kappa shape index (κ2) is 9.67. The van der Waals surface area contributed by atoms with Gasteiger partial charge in [-0.15, -0.1) is 0 Å². The zero-order valence-electron chi connectivity index (χ0n) is 16.8. The number of non-ortho nitro benzene ring substituents is 1. The summed E-state index contributed by atoms with van der Waals surface area (Å²) >= 11 is 6.16. The predicted molar refractivity (Wildman–Crippen MR) is 115 cm³/mol. The fourth-order valence-electron chi connectivity index (χ4n) is 3.25. The van der Waals surface area contributed by atoms with Gasteiger partial charge in [0.15, 0.2) is 6.79 Å². The van der Waals surface area contributed by atoms with Crippen molar-refractivity contribution in [3.8, 4) is 11.5 Å². The molecule has 0 aliphatic carbocycles. The van der Waals surface area contributed by atoms with Crippen LogP contribution in [0.4, 0.5) is 5.69 Å². The van der Waals surface area contributed by atoms with Crippen LogP contribution in [0.2, 0.25) is 5.02 Å². The monoisotopic (exact) mass is 455 g/mol. The molecule has 0 fully saturated rings. The number of para-hydroxylation sites is 1. The third kappa shape index (κ3) is 4.82. The Kier molecular flexibility index (Phi) is 6.53. The molecule has 164 valence electrons. The lowest BCUT2D eigenvalue weighted by molar-refractivity contribution is -0.385. The van der Waals surface area contributed by atoms with Crippen molar-refractivity contribution in [3.63, 3.8) is 0 Å². The van der Waals surface area contributed by atoms with E-state index in [-0.39, 0.29) is 37.9 Å². The van der Waals surface area contributed by atoms with Gasteiger partial charge in [-0.3, -0.25) is 10.1 Å². The van der Waals surface area contributed by atoms with Crippen LogP contribution in [0.15, 0.2) is 60.7 Å². The maximum absolute atomic E-state index is 12.8. The van der Waals surface area contributed by atoms with E-state index in [1.54, 1.807) is 30.3 Å². The van der Waals surface area contributed by atoms with Gasteiger partial charge >= 0.3 is 5.97 Å². The molecule has 1 aliphatic heterocycles. The highest BCUT2D eigenvalue weighted by Gasteiger charge is 2.22. The summed E-state index contributed by atoms with van der Waals surface area (Å²) < 4.78 is 21.9. The van der Waals surface area contributed by atoms with Gasteiger partial charge in [-0.05, 0) is 18.2 Å². The highest BCUT2D eigenvalue weighted by Crippen LogP contribution is 2.33. The van der Waals surface area contributed by atoms with Gasteiger partial charge in [0.2, 0.25) is 0 Å². The van der Waals surface area contributed by atoms with Crippen molar-refractivity contribution in [3.05, 3.63) is 98.1 Å². The maximum Gasteiger partial charge on any atom is 0.342 e. The molecule has 32 heavy (non-hydrogen) atoms. The van der Waals surface area contributed by atoms with E-state index < -0.39 is 10.9 Å². The van der Waals surface area contributed by atoms with Crippen LogP contribution in [0.5, 0.6) is 11.5 Å². The van der Waals surface area contributed by atoms with Crippen molar-refractivity contribution in [2.24, 2.45) is 0 Å². The number of fused-ring (bicyclic) bond motifs is 1. The van der Waals surface area contributed by atoms with Gasteiger partial charge in [0.05, 0.1) is 11.5 Å². The number of rotatable bonds is 7. The molecular formula is C23H18ClNO7. The van der Waals surface area contributed by atoms with Crippen molar-refractivity contribution < 1.29 is 28.7 Å². The van der Waals surface area contributed by atoms with Gasteiger partial charge in [0.25, 0.3) is 5.69 Å². The van der Waals surface area contributed by atoms with Crippen LogP contribution >= 0.6 is 11.6 Å². The van der Waals surface area contributed by atoms with Crippen LogP contribution < -0.4 is 9.47 Å². The third-order valence-corrected chi connectivity index (χ3v) is 5.16. The maximum atomic E-state index is 12.8. The second-order valence-electron chi connectivity index (χ2n) is 6.91. The Morgan fingerprint density at radius 1 is 1.06 bits per heavy atom. The summed E-state index contributed by atoms with van der Waals surface area (Å²) in [6, 6.07) is 16.6. The molecule has 1 aliphatic rings. The molecule has 1 heterocycles. The van der Waals surface area contributed by atoms with Crippen molar-refractivity contribution in [1.82, 2.24) is 0 Å². The molecule has 0 amide bonds. The molecule has 0 radical (unpaired) electrons. The second-order valence-corrected chi connectivity index (χ2v) is 7.32. The number of nitro groups is 1. The molecule has 0 N–H and O–H groups in total. The molecule has 0 aromatic heterocycles. The Labute approximate surface area is 188 Å². The van der Waals surface area contributed by atoms with Gasteiger partial charge in [-0.2, -0.15) is 0 Å². The fourth-order valence-corrected chi connectivity index (χ4v) is 3.44. The van der Waals surface area contributed by atoms with E-state index in [1.165, 1.54) is 12.1 Å². The summed E-state index contributed by atoms with van der Waals surface area (Å²) in [6.07, 6.45) is 0. The summed E-state index contributed by atoms with van der Waals surface area (Å²) in [5.74, 6) is 0.133. The molecule has 0 unspecified atom stereocenters. The molecule has 3 aromatic rings. The molecule has 0 saturated heterocycles. The first-order chi connectivity index (χ1) is 15.5. The number of esters is 1. The topological polar surface area (TPSA) is 97.1 Å². The molecule has 0 spiro atoms.